The van der Waals surface area contributed by atoms with E-state index in [1.54, 1.807) is 18.2 Å². The van der Waals surface area contributed by atoms with Crippen molar-refractivity contribution in [2.75, 3.05) is 22.1 Å². The molecule has 0 spiro atoms. The van der Waals surface area contributed by atoms with Crippen molar-refractivity contribution in [1.82, 2.24) is 0 Å². The van der Waals surface area contributed by atoms with Crippen LogP contribution in [-0.4, -0.2) is 24.3 Å². The first-order chi connectivity index (χ1) is 13.0. The molecule has 0 saturated heterocycles. The molecule has 1 aliphatic rings. The van der Waals surface area contributed by atoms with E-state index in [0.29, 0.717) is 11.4 Å². The van der Waals surface area contributed by atoms with Crippen molar-refractivity contribution in [3.63, 3.8) is 0 Å². The number of hydrogen-bond acceptors (Lipinski definition) is 3. The molecule has 0 atom stereocenters. The van der Waals surface area contributed by atoms with E-state index in [0.717, 1.165) is 11.3 Å². The molecule has 1 aliphatic heterocycles. The van der Waals surface area contributed by atoms with E-state index in [1.807, 2.05) is 30.3 Å². The molecule has 27 heavy (non-hydrogen) atoms. The maximum Gasteiger partial charge on any atom is 0.244 e. The van der Waals surface area contributed by atoms with Crippen molar-refractivity contribution >= 4 is 34.8 Å². The molecule has 6 nitrogen and oxygen atoms in total. The van der Waals surface area contributed by atoms with Crippen LogP contribution in [0.2, 0.25) is 0 Å². The molecule has 1 heterocycles. The van der Waals surface area contributed by atoms with Gasteiger partial charge in [-0.15, -0.1) is 0 Å². The SMILES string of the molecule is CC(C)c1ccccc1NC(=O)CCC(=O)N1CC(=O)Nc2ccccc21. The Morgan fingerprint density at radius 1 is 1.07 bits per heavy atom. The van der Waals surface area contributed by atoms with Gasteiger partial charge in [-0.05, 0) is 29.7 Å². The number of hydrogen-bond donors (Lipinski definition) is 2. The second-order valence-electron chi connectivity index (χ2n) is 6.84. The molecule has 0 aliphatic carbocycles. The zero-order valence-corrected chi connectivity index (χ0v) is 15.5. The summed E-state index contributed by atoms with van der Waals surface area (Å²) in [5, 5.41) is 5.64. The van der Waals surface area contributed by atoms with Crippen LogP contribution in [0.5, 0.6) is 0 Å². The molecular weight excluding hydrogens is 342 g/mol. The van der Waals surface area contributed by atoms with Crippen molar-refractivity contribution in [3.8, 4) is 0 Å². The summed E-state index contributed by atoms with van der Waals surface area (Å²) in [6.07, 6.45) is 0.100. The first kappa shape index (κ1) is 18.6. The van der Waals surface area contributed by atoms with Crippen molar-refractivity contribution < 1.29 is 14.4 Å². The van der Waals surface area contributed by atoms with Gasteiger partial charge >= 0.3 is 0 Å². The lowest BCUT2D eigenvalue weighted by Gasteiger charge is -2.29. The lowest BCUT2D eigenvalue weighted by atomic mass is 10.0. The van der Waals surface area contributed by atoms with Gasteiger partial charge in [-0.1, -0.05) is 44.2 Å². The summed E-state index contributed by atoms with van der Waals surface area (Å²) in [5.74, 6) is -0.417. The average molecular weight is 365 g/mol. The van der Waals surface area contributed by atoms with Crippen molar-refractivity contribution in [2.24, 2.45) is 0 Å². The third kappa shape index (κ3) is 4.34. The fourth-order valence-corrected chi connectivity index (χ4v) is 3.14. The number of para-hydroxylation sites is 3. The van der Waals surface area contributed by atoms with Crippen LogP contribution in [0.25, 0.3) is 0 Å². The molecule has 2 N–H and O–H groups in total. The second-order valence-corrected chi connectivity index (χ2v) is 6.84. The van der Waals surface area contributed by atoms with E-state index in [4.69, 9.17) is 0 Å². The van der Waals surface area contributed by atoms with Gasteiger partial charge < -0.3 is 15.5 Å². The normalized spacial score (nSPS) is 13.1. The zero-order valence-electron chi connectivity index (χ0n) is 15.5. The van der Waals surface area contributed by atoms with Crippen LogP contribution in [-0.2, 0) is 14.4 Å². The minimum absolute atomic E-state index is 0.0341. The minimum atomic E-state index is -0.246. The topological polar surface area (TPSA) is 78.5 Å². The van der Waals surface area contributed by atoms with Gasteiger partial charge in [-0.2, -0.15) is 0 Å². The van der Waals surface area contributed by atoms with Crippen LogP contribution in [0.15, 0.2) is 48.5 Å². The van der Waals surface area contributed by atoms with Crippen LogP contribution < -0.4 is 15.5 Å². The third-order valence-corrected chi connectivity index (χ3v) is 4.49. The van der Waals surface area contributed by atoms with E-state index in [2.05, 4.69) is 24.5 Å². The van der Waals surface area contributed by atoms with Gasteiger partial charge in [0, 0.05) is 18.5 Å². The summed E-state index contributed by atoms with van der Waals surface area (Å²) in [7, 11) is 0. The van der Waals surface area contributed by atoms with Crippen molar-refractivity contribution in [3.05, 3.63) is 54.1 Å². The largest absolute Gasteiger partial charge is 0.326 e. The molecule has 2 aromatic carbocycles. The van der Waals surface area contributed by atoms with Gasteiger partial charge in [-0.3, -0.25) is 14.4 Å². The molecule has 2 aromatic rings. The van der Waals surface area contributed by atoms with E-state index < -0.39 is 0 Å². The molecule has 6 heteroatoms. The highest BCUT2D eigenvalue weighted by atomic mass is 16.2. The zero-order chi connectivity index (χ0) is 19.4. The Kier molecular flexibility index (Phi) is 5.54. The van der Waals surface area contributed by atoms with Gasteiger partial charge in [0.2, 0.25) is 17.7 Å². The first-order valence-corrected chi connectivity index (χ1v) is 9.03. The van der Waals surface area contributed by atoms with Crippen LogP contribution in [0.1, 0.15) is 38.2 Å². The number of nitrogens with zero attached hydrogens (tertiary/aromatic N) is 1. The maximum atomic E-state index is 12.6. The monoisotopic (exact) mass is 365 g/mol. The molecule has 0 bridgehead atoms. The Morgan fingerprint density at radius 3 is 2.56 bits per heavy atom. The highest BCUT2D eigenvalue weighted by Gasteiger charge is 2.26. The van der Waals surface area contributed by atoms with Crippen LogP contribution >= 0.6 is 0 Å². The van der Waals surface area contributed by atoms with Crippen LogP contribution in [0.3, 0.4) is 0 Å². The molecule has 3 rings (SSSR count). The van der Waals surface area contributed by atoms with Crippen molar-refractivity contribution in [2.45, 2.75) is 32.6 Å². The smallest absolute Gasteiger partial charge is 0.244 e. The molecule has 0 unspecified atom stereocenters. The number of amides is 3. The lowest BCUT2D eigenvalue weighted by molar-refractivity contribution is -0.124. The average Bonchev–Trinajstić information content (AvgIpc) is 2.65. The summed E-state index contributed by atoms with van der Waals surface area (Å²) in [6.45, 7) is 4.09. The fraction of sp³-hybridized carbons (Fsp3) is 0.286. The molecule has 0 saturated carbocycles. The molecule has 3 amide bonds. The number of benzene rings is 2. The highest BCUT2D eigenvalue weighted by molar-refractivity contribution is 6.10. The van der Waals surface area contributed by atoms with E-state index in [-0.39, 0.29) is 43.0 Å². The standard InChI is InChI=1S/C21H23N3O3/c1-14(2)15-7-3-4-8-16(15)22-19(25)11-12-21(27)24-13-20(26)23-17-9-5-6-10-18(17)24/h3-10,14H,11-13H2,1-2H3,(H,22,25)(H,23,26). The van der Waals surface area contributed by atoms with Crippen molar-refractivity contribution in [1.29, 1.82) is 0 Å². The Bertz CT molecular complexity index is 876. The minimum Gasteiger partial charge on any atom is -0.326 e. The molecule has 0 fully saturated rings. The quantitative estimate of drug-likeness (QED) is 0.851. The number of carbonyl (C=O) groups is 3. The summed E-state index contributed by atoms with van der Waals surface area (Å²) in [4.78, 5) is 38.2. The summed E-state index contributed by atoms with van der Waals surface area (Å²) >= 11 is 0. The lowest BCUT2D eigenvalue weighted by Crippen LogP contribution is -2.42. The van der Waals surface area contributed by atoms with Gasteiger partial charge in [0.05, 0.1) is 11.4 Å². The predicted octanol–water partition coefficient (Wildman–Crippen LogP) is 3.51. The van der Waals surface area contributed by atoms with Gasteiger partial charge in [-0.25, -0.2) is 0 Å². The fourth-order valence-electron chi connectivity index (χ4n) is 3.14. The number of anilines is 3. The molecular formula is C21H23N3O3. The van der Waals surface area contributed by atoms with E-state index in [9.17, 15) is 14.4 Å². The Morgan fingerprint density at radius 2 is 1.78 bits per heavy atom. The third-order valence-electron chi connectivity index (χ3n) is 4.49. The van der Waals surface area contributed by atoms with E-state index in [1.165, 1.54) is 4.90 Å². The second kappa shape index (κ2) is 8.03. The Balaban J connectivity index is 1.63. The summed E-state index contributed by atoms with van der Waals surface area (Å²) in [6, 6.07) is 14.8. The molecule has 0 aromatic heterocycles. The van der Waals surface area contributed by atoms with Crippen LogP contribution in [0, 0.1) is 0 Å². The van der Waals surface area contributed by atoms with Gasteiger partial charge in [0.15, 0.2) is 0 Å². The Labute approximate surface area is 158 Å². The van der Waals surface area contributed by atoms with Crippen LogP contribution in [0.4, 0.5) is 17.1 Å². The number of nitrogens with one attached hydrogen (secondary N) is 2. The summed E-state index contributed by atoms with van der Waals surface area (Å²) < 4.78 is 0. The Hall–Kier alpha value is -3.15. The number of carbonyl (C=O) groups excluding carboxylic acids is 3. The molecule has 0 radical (unpaired) electrons. The predicted molar refractivity (Wildman–Crippen MR) is 106 cm³/mol. The first-order valence-electron chi connectivity index (χ1n) is 9.03. The molecule has 140 valence electrons. The summed E-state index contributed by atoms with van der Waals surface area (Å²) in [5.41, 5.74) is 3.09. The van der Waals surface area contributed by atoms with Gasteiger partial charge in [0.25, 0.3) is 0 Å². The van der Waals surface area contributed by atoms with Gasteiger partial charge in [0.1, 0.15) is 6.54 Å². The maximum absolute atomic E-state index is 12.6. The number of rotatable bonds is 5. The highest BCUT2D eigenvalue weighted by Crippen LogP contribution is 2.29. The van der Waals surface area contributed by atoms with E-state index >= 15 is 0 Å². The number of fused-ring (bicyclic) bond motifs is 1.